The van der Waals surface area contributed by atoms with Crippen molar-refractivity contribution in [2.24, 2.45) is 5.92 Å². The number of nitrogens with one attached hydrogen (secondary N) is 1. The molecule has 0 aliphatic carbocycles. The number of amides is 1. The highest BCUT2D eigenvalue weighted by Crippen LogP contribution is 2.05. The maximum absolute atomic E-state index is 11.3. The van der Waals surface area contributed by atoms with E-state index in [0.29, 0.717) is 0 Å². The van der Waals surface area contributed by atoms with Crippen LogP contribution in [0, 0.1) is 5.92 Å². The van der Waals surface area contributed by atoms with Gasteiger partial charge in [-0.05, 0) is 11.5 Å². The van der Waals surface area contributed by atoms with Gasteiger partial charge in [-0.15, -0.1) is 0 Å². The van der Waals surface area contributed by atoms with Crippen molar-refractivity contribution in [1.29, 1.82) is 0 Å². The van der Waals surface area contributed by atoms with Crippen LogP contribution in [-0.4, -0.2) is 23.3 Å². The van der Waals surface area contributed by atoms with E-state index in [0.717, 1.165) is 5.56 Å². The Labute approximate surface area is 111 Å². The van der Waals surface area contributed by atoms with Crippen molar-refractivity contribution >= 4 is 12.1 Å². The summed E-state index contributed by atoms with van der Waals surface area (Å²) in [6, 6.07) is 9.12. The van der Waals surface area contributed by atoms with Crippen molar-refractivity contribution in [2.75, 3.05) is 0 Å². The zero-order chi connectivity index (χ0) is 14.3. The molecule has 6 heteroatoms. The Hall–Kier alpha value is -2.08. The third-order valence-electron chi connectivity index (χ3n) is 2.33. The van der Waals surface area contributed by atoms with Crippen molar-refractivity contribution in [1.82, 2.24) is 5.48 Å². The summed E-state index contributed by atoms with van der Waals surface area (Å²) in [6.45, 7) is 3.45. The Balaban J connectivity index is 2.33. The van der Waals surface area contributed by atoms with Crippen molar-refractivity contribution in [3.8, 4) is 0 Å². The summed E-state index contributed by atoms with van der Waals surface area (Å²) in [4.78, 5) is 26.9. The van der Waals surface area contributed by atoms with Gasteiger partial charge in [-0.25, -0.2) is 9.59 Å². The van der Waals surface area contributed by atoms with Crippen LogP contribution in [0.5, 0.6) is 0 Å². The number of carboxylic acid groups (broad SMARTS) is 1. The summed E-state index contributed by atoms with van der Waals surface area (Å²) in [6.07, 6.45) is -1.93. The van der Waals surface area contributed by atoms with E-state index in [1.807, 2.05) is 35.8 Å². The molecule has 0 fully saturated rings. The van der Waals surface area contributed by atoms with Crippen LogP contribution in [0.25, 0.3) is 0 Å². The second-order valence-electron chi connectivity index (χ2n) is 4.28. The second kappa shape index (κ2) is 7.38. The minimum absolute atomic E-state index is 0.0927. The van der Waals surface area contributed by atoms with Gasteiger partial charge < -0.3 is 9.84 Å². The fourth-order valence-electron chi connectivity index (χ4n) is 1.34. The normalized spacial score (nSPS) is 11.9. The fourth-order valence-corrected chi connectivity index (χ4v) is 1.34. The molecule has 6 nitrogen and oxygen atoms in total. The van der Waals surface area contributed by atoms with E-state index >= 15 is 0 Å². The monoisotopic (exact) mass is 267 g/mol. The maximum atomic E-state index is 11.3. The Morgan fingerprint density at radius 3 is 2.42 bits per heavy atom. The number of aliphatic carboxylic acids is 1. The first-order valence-corrected chi connectivity index (χ1v) is 5.86. The number of hydrogen-bond donors (Lipinski definition) is 2. The lowest BCUT2D eigenvalue weighted by atomic mass is 10.1. The smallest absolute Gasteiger partial charge is 0.431 e. The lowest BCUT2D eigenvalue weighted by Crippen LogP contribution is -2.37. The predicted octanol–water partition coefficient (Wildman–Crippen LogP) is 1.95. The molecule has 0 bridgehead atoms. The van der Waals surface area contributed by atoms with Crippen molar-refractivity contribution < 1.29 is 24.3 Å². The van der Waals surface area contributed by atoms with E-state index in [2.05, 4.69) is 0 Å². The first-order chi connectivity index (χ1) is 9.00. The van der Waals surface area contributed by atoms with Crippen LogP contribution < -0.4 is 5.48 Å². The number of carbonyl (C=O) groups excluding carboxylic acids is 1. The molecule has 0 saturated heterocycles. The van der Waals surface area contributed by atoms with Gasteiger partial charge in [-0.2, -0.15) is 5.48 Å². The topological polar surface area (TPSA) is 84.9 Å². The van der Waals surface area contributed by atoms with E-state index in [1.54, 1.807) is 13.8 Å². The number of hydrogen-bond acceptors (Lipinski definition) is 4. The zero-order valence-corrected chi connectivity index (χ0v) is 10.8. The van der Waals surface area contributed by atoms with Crippen LogP contribution >= 0.6 is 0 Å². The molecule has 0 heterocycles. The van der Waals surface area contributed by atoms with Gasteiger partial charge in [0.2, 0.25) is 0 Å². The first kappa shape index (κ1) is 15.0. The number of hydroxylamine groups is 1. The van der Waals surface area contributed by atoms with Crippen LogP contribution in [0.3, 0.4) is 0 Å². The van der Waals surface area contributed by atoms with Gasteiger partial charge >= 0.3 is 12.1 Å². The van der Waals surface area contributed by atoms with E-state index in [1.165, 1.54) is 0 Å². The molecule has 1 aromatic carbocycles. The Kier molecular flexibility index (Phi) is 5.81. The molecule has 0 saturated carbocycles. The molecule has 2 N–H and O–H groups in total. The van der Waals surface area contributed by atoms with Crippen molar-refractivity contribution in [2.45, 2.75) is 26.6 Å². The SMILES string of the molecule is CC(C)C(ONC(=O)OCc1ccccc1)C(=O)O. The average Bonchev–Trinajstić information content (AvgIpc) is 2.37. The molecule has 0 aliphatic heterocycles. The maximum Gasteiger partial charge on any atom is 0.431 e. The van der Waals surface area contributed by atoms with Crippen LogP contribution in [0.4, 0.5) is 4.79 Å². The number of rotatable bonds is 6. The summed E-state index contributed by atoms with van der Waals surface area (Å²) >= 11 is 0. The highest BCUT2D eigenvalue weighted by atomic mass is 16.7. The molecule has 0 spiro atoms. The molecule has 19 heavy (non-hydrogen) atoms. The van der Waals surface area contributed by atoms with Gasteiger partial charge in [0.25, 0.3) is 0 Å². The molecule has 0 aromatic heterocycles. The third-order valence-corrected chi connectivity index (χ3v) is 2.33. The number of carbonyl (C=O) groups is 2. The van der Waals surface area contributed by atoms with Gasteiger partial charge in [-0.3, -0.25) is 4.84 Å². The standard InChI is InChI=1S/C13H17NO5/c1-9(2)11(12(15)16)19-14-13(17)18-8-10-6-4-3-5-7-10/h3-7,9,11H,8H2,1-2H3,(H,14,17)(H,15,16). The van der Waals surface area contributed by atoms with Gasteiger partial charge in [0.1, 0.15) is 6.61 Å². The Bertz CT molecular complexity index is 418. The van der Waals surface area contributed by atoms with Gasteiger partial charge in [0, 0.05) is 0 Å². The van der Waals surface area contributed by atoms with Gasteiger partial charge in [-0.1, -0.05) is 44.2 Å². The second-order valence-corrected chi connectivity index (χ2v) is 4.28. The minimum atomic E-state index is -1.14. The summed E-state index contributed by atoms with van der Waals surface area (Å²) in [5, 5.41) is 8.85. The molecule has 1 aromatic rings. The minimum Gasteiger partial charge on any atom is -0.479 e. The Morgan fingerprint density at radius 2 is 1.89 bits per heavy atom. The molecule has 0 radical (unpaired) electrons. The van der Waals surface area contributed by atoms with Crippen LogP contribution in [-0.2, 0) is 21.0 Å². The largest absolute Gasteiger partial charge is 0.479 e. The van der Waals surface area contributed by atoms with Crippen molar-refractivity contribution in [3.63, 3.8) is 0 Å². The molecule has 0 aliphatic rings. The van der Waals surface area contributed by atoms with Gasteiger partial charge in [0.05, 0.1) is 0 Å². The summed E-state index contributed by atoms with van der Waals surface area (Å²) in [7, 11) is 0. The molecule has 1 amide bonds. The summed E-state index contributed by atoms with van der Waals surface area (Å²) in [5.74, 6) is -1.41. The van der Waals surface area contributed by atoms with E-state index in [9.17, 15) is 9.59 Å². The quantitative estimate of drug-likeness (QED) is 0.769. The van der Waals surface area contributed by atoms with Gasteiger partial charge in [0.15, 0.2) is 6.10 Å². The summed E-state index contributed by atoms with van der Waals surface area (Å²) < 4.78 is 4.87. The molecular formula is C13H17NO5. The number of carboxylic acids is 1. The lowest BCUT2D eigenvalue weighted by molar-refractivity contribution is -0.158. The van der Waals surface area contributed by atoms with Crippen LogP contribution in [0.15, 0.2) is 30.3 Å². The van der Waals surface area contributed by atoms with E-state index in [-0.39, 0.29) is 12.5 Å². The zero-order valence-electron chi connectivity index (χ0n) is 10.8. The highest BCUT2D eigenvalue weighted by molar-refractivity contribution is 5.73. The highest BCUT2D eigenvalue weighted by Gasteiger charge is 2.23. The van der Waals surface area contributed by atoms with E-state index < -0.39 is 18.2 Å². The van der Waals surface area contributed by atoms with E-state index in [4.69, 9.17) is 14.7 Å². The lowest BCUT2D eigenvalue weighted by Gasteiger charge is -2.16. The predicted molar refractivity (Wildman–Crippen MR) is 67.1 cm³/mol. The number of ether oxygens (including phenoxy) is 1. The molecular weight excluding hydrogens is 250 g/mol. The summed E-state index contributed by atoms with van der Waals surface area (Å²) in [5.41, 5.74) is 2.80. The molecule has 1 rings (SSSR count). The van der Waals surface area contributed by atoms with Crippen LogP contribution in [0.2, 0.25) is 0 Å². The average molecular weight is 267 g/mol. The first-order valence-electron chi connectivity index (χ1n) is 5.86. The fraction of sp³-hybridized carbons (Fsp3) is 0.385. The molecule has 1 unspecified atom stereocenters. The van der Waals surface area contributed by atoms with Crippen LogP contribution in [0.1, 0.15) is 19.4 Å². The van der Waals surface area contributed by atoms with Crippen molar-refractivity contribution in [3.05, 3.63) is 35.9 Å². The third kappa shape index (κ3) is 5.39. The number of benzene rings is 1. The molecule has 1 atom stereocenters. The molecule has 104 valence electrons. The Morgan fingerprint density at radius 1 is 1.26 bits per heavy atom.